The summed E-state index contributed by atoms with van der Waals surface area (Å²) in [6, 6.07) is 28.2. The highest BCUT2D eigenvalue weighted by atomic mass is 16.5. The molecule has 5 heteroatoms. The molecule has 5 rings (SSSR count). The van der Waals surface area contributed by atoms with Crippen LogP contribution >= 0.6 is 0 Å². The zero-order valence-corrected chi connectivity index (χ0v) is 17.6. The molecule has 33 heavy (non-hydrogen) atoms. The van der Waals surface area contributed by atoms with Crippen molar-refractivity contribution in [3.8, 4) is 5.75 Å². The van der Waals surface area contributed by atoms with Crippen LogP contribution in [0, 0.1) is 0 Å². The highest BCUT2D eigenvalue weighted by Gasteiger charge is 2.29. The summed E-state index contributed by atoms with van der Waals surface area (Å²) in [6.45, 7) is 0.442. The Kier molecular flexibility index (Phi) is 5.29. The van der Waals surface area contributed by atoms with Crippen molar-refractivity contribution >= 4 is 23.2 Å². The summed E-state index contributed by atoms with van der Waals surface area (Å²) >= 11 is 0. The number of amides is 1. The van der Waals surface area contributed by atoms with Gasteiger partial charge in [0.2, 0.25) is 0 Å². The fraction of sp³-hybridized carbons (Fsp3) is 0.0357. The van der Waals surface area contributed by atoms with Gasteiger partial charge in [-0.15, -0.1) is 0 Å². The standard InChI is InChI=1S/C28H19NO4/c30-26-22-8-4-5-9-23(22)27(31)25-16-20(12-15-24(25)26)29-28(32)19-10-13-21(14-11-19)33-17-18-6-2-1-3-7-18/h1-16H,17H2,(H,29,32). The lowest BCUT2D eigenvalue weighted by Gasteiger charge is -2.18. The highest BCUT2D eigenvalue weighted by molar-refractivity contribution is 6.28. The van der Waals surface area contributed by atoms with Gasteiger partial charge in [0.05, 0.1) is 0 Å². The number of carbonyl (C=O) groups is 3. The van der Waals surface area contributed by atoms with Gasteiger partial charge in [-0.1, -0.05) is 54.6 Å². The van der Waals surface area contributed by atoms with Gasteiger partial charge in [-0.05, 0) is 48.0 Å². The molecule has 0 spiro atoms. The molecule has 0 radical (unpaired) electrons. The van der Waals surface area contributed by atoms with Crippen LogP contribution in [0.5, 0.6) is 5.75 Å². The zero-order chi connectivity index (χ0) is 22.8. The molecule has 1 aliphatic carbocycles. The van der Waals surface area contributed by atoms with Gasteiger partial charge in [-0.3, -0.25) is 14.4 Å². The van der Waals surface area contributed by atoms with Crippen molar-refractivity contribution in [1.82, 2.24) is 0 Å². The van der Waals surface area contributed by atoms with Crippen molar-refractivity contribution in [2.75, 3.05) is 5.32 Å². The summed E-state index contributed by atoms with van der Waals surface area (Å²) in [6.07, 6.45) is 0. The number of nitrogens with one attached hydrogen (secondary N) is 1. The maximum Gasteiger partial charge on any atom is 0.255 e. The smallest absolute Gasteiger partial charge is 0.255 e. The van der Waals surface area contributed by atoms with E-state index < -0.39 is 0 Å². The minimum absolute atomic E-state index is 0.191. The minimum Gasteiger partial charge on any atom is -0.489 e. The van der Waals surface area contributed by atoms with E-state index in [-0.39, 0.29) is 17.5 Å². The van der Waals surface area contributed by atoms with Crippen molar-refractivity contribution in [2.45, 2.75) is 6.61 Å². The Labute approximate surface area is 190 Å². The number of anilines is 1. The Morgan fingerprint density at radius 3 is 1.97 bits per heavy atom. The molecule has 0 saturated heterocycles. The number of carbonyl (C=O) groups excluding carboxylic acids is 3. The molecule has 0 atom stereocenters. The number of hydrogen-bond donors (Lipinski definition) is 1. The van der Waals surface area contributed by atoms with E-state index >= 15 is 0 Å². The summed E-state index contributed by atoms with van der Waals surface area (Å²) in [5.74, 6) is -0.0770. The van der Waals surface area contributed by atoms with Gasteiger partial charge in [0.25, 0.3) is 5.91 Å². The molecule has 0 heterocycles. The Hall–Kier alpha value is -4.51. The van der Waals surface area contributed by atoms with Gasteiger partial charge in [-0.2, -0.15) is 0 Å². The van der Waals surface area contributed by atoms with Crippen LogP contribution in [0.15, 0.2) is 97.1 Å². The van der Waals surface area contributed by atoms with E-state index in [4.69, 9.17) is 4.74 Å². The summed E-state index contributed by atoms with van der Waals surface area (Å²) in [5, 5.41) is 2.80. The van der Waals surface area contributed by atoms with Crippen molar-refractivity contribution in [3.63, 3.8) is 0 Å². The number of fused-ring (bicyclic) bond motifs is 2. The maximum atomic E-state index is 12.9. The van der Waals surface area contributed by atoms with Crippen LogP contribution in [-0.2, 0) is 6.61 Å². The van der Waals surface area contributed by atoms with E-state index in [1.54, 1.807) is 66.7 Å². The van der Waals surface area contributed by atoms with Crippen molar-refractivity contribution in [2.24, 2.45) is 0 Å². The predicted molar refractivity (Wildman–Crippen MR) is 125 cm³/mol. The molecule has 0 fully saturated rings. The maximum absolute atomic E-state index is 12.9. The second kappa shape index (κ2) is 8.55. The lowest BCUT2D eigenvalue weighted by atomic mass is 9.84. The number of ketones is 2. The van der Waals surface area contributed by atoms with Gasteiger partial charge < -0.3 is 10.1 Å². The van der Waals surface area contributed by atoms with Crippen LogP contribution in [0.4, 0.5) is 5.69 Å². The van der Waals surface area contributed by atoms with Crippen LogP contribution < -0.4 is 10.1 Å². The van der Waals surface area contributed by atoms with Crippen LogP contribution in [0.25, 0.3) is 0 Å². The minimum atomic E-state index is -0.320. The summed E-state index contributed by atoms with van der Waals surface area (Å²) in [4.78, 5) is 38.3. The zero-order valence-electron chi connectivity index (χ0n) is 17.6. The summed E-state index contributed by atoms with van der Waals surface area (Å²) in [7, 11) is 0. The average Bonchev–Trinajstić information content (AvgIpc) is 2.87. The van der Waals surface area contributed by atoms with E-state index in [0.29, 0.717) is 45.9 Å². The van der Waals surface area contributed by atoms with Crippen LogP contribution in [0.2, 0.25) is 0 Å². The van der Waals surface area contributed by atoms with E-state index in [1.807, 2.05) is 30.3 Å². The van der Waals surface area contributed by atoms with E-state index in [0.717, 1.165) is 5.56 Å². The van der Waals surface area contributed by atoms with Gasteiger partial charge in [-0.25, -0.2) is 0 Å². The van der Waals surface area contributed by atoms with Crippen LogP contribution in [0.1, 0.15) is 47.8 Å². The number of hydrogen-bond acceptors (Lipinski definition) is 4. The largest absolute Gasteiger partial charge is 0.489 e. The van der Waals surface area contributed by atoms with Gasteiger partial charge in [0.1, 0.15) is 12.4 Å². The van der Waals surface area contributed by atoms with Crippen LogP contribution in [0.3, 0.4) is 0 Å². The Balaban J connectivity index is 1.29. The fourth-order valence-electron chi connectivity index (χ4n) is 3.82. The normalized spacial score (nSPS) is 12.0. The number of ether oxygens (including phenoxy) is 1. The van der Waals surface area contributed by atoms with Gasteiger partial charge in [0, 0.05) is 33.5 Å². The fourth-order valence-corrected chi connectivity index (χ4v) is 3.82. The third-order valence-electron chi connectivity index (χ3n) is 5.55. The molecule has 160 valence electrons. The first-order valence-electron chi connectivity index (χ1n) is 10.5. The van der Waals surface area contributed by atoms with Crippen molar-refractivity contribution < 1.29 is 19.1 Å². The highest BCUT2D eigenvalue weighted by Crippen LogP contribution is 2.29. The Bertz CT molecular complexity index is 1370. The molecule has 1 N–H and O–H groups in total. The summed E-state index contributed by atoms with van der Waals surface area (Å²) in [5.41, 5.74) is 3.38. The number of benzene rings is 4. The first-order chi connectivity index (χ1) is 16.1. The Morgan fingerprint density at radius 2 is 1.27 bits per heavy atom. The third-order valence-corrected chi connectivity index (χ3v) is 5.55. The van der Waals surface area contributed by atoms with E-state index in [9.17, 15) is 14.4 Å². The molecular weight excluding hydrogens is 414 g/mol. The van der Waals surface area contributed by atoms with E-state index in [1.165, 1.54) is 0 Å². The van der Waals surface area contributed by atoms with Crippen molar-refractivity contribution in [1.29, 1.82) is 0 Å². The van der Waals surface area contributed by atoms with Gasteiger partial charge in [0.15, 0.2) is 11.6 Å². The van der Waals surface area contributed by atoms with Crippen LogP contribution in [-0.4, -0.2) is 17.5 Å². The molecular formula is C28H19NO4. The monoisotopic (exact) mass is 433 g/mol. The molecule has 4 aromatic rings. The Morgan fingerprint density at radius 1 is 0.667 bits per heavy atom. The van der Waals surface area contributed by atoms with E-state index in [2.05, 4.69) is 5.32 Å². The molecule has 1 amide bonds. The average molecular weight is 433 g/mol. The predicted octanol–water partition coefficient (Wildman–Crippen LogP) is 5.29. The molecule has 0 bridgehead atoms. The molecule has 0 saturated carbocycles. The first kappa shape index (κ1) is 20.4. The topological polar surface area (TPSA) is 72.5 Å². The molecule has 5 nitrogen and oxygen atoms in total. The quantitative estimate of drug-likeness (QED) is 0.409. The lowest BCUT2D eigenvalue weighted by Crippen LogP contribution is -2.21. The molecule has 0 aliphatic heterocycles. The van der Waals surface area contributed by atoms with Crippen molar-refractivity contribution in [3.05, 3.63) is 130 Å². The molecule has 4 aromatic carbocycles. The van der Waals surface area contributed by atoms with Gasteiger partial charge >= 0.3 is 0 Å². The summed E-state index contributed by atoms with van der Waals surface area (Å²) < 4.78 is 5.76. The lowest BCUT2D eigenvalue weighted by molar-refractivity contribution is 0.0979. The molecule has 1 aliphatic rings. The second-order valence-corrected chi connectivity index (χ2v) is 7.72. The third kappa shape index (κ3) is 4.04. The first-order valence-corrected chi connectivity index (χ1v) is 10.5. The second-order valence-electron chi connectivity index (χ2n) is 7.72. The number of rotatable bonds is 5. The SMILES string of the molecule is O=C(Nc1ccc2c(c1)C(=O)c1ccccc1C2=O)c1ccc(OCc2ccccc2)cc1. The molecule has 0 aromatic heterocycles. The molecule has 0 unspecified atom stereocenters.